The van der Waals surface area contributed by atoms with Gasteiger partial charge in [-0.05, 0) is 31.5 Å². The largest absolute Gasteiger partial charge is 0.304 e. The van der Waals surface area contributed by atoms with Crippen LogP contribution in [0.2, 0.25) is 0 Å². The van der Waals surface area contributed by atoms with Crippen molar-refractivity contribution >= 4 is 0 Å². The van der Waals surface area contributed by atoms with Gasteiger partial charge in [0, 0.05) is 44.1 Å². The Balaban J connectivity index is 1.96. The summed E-state index contributed by atoms with van der Waals surface area (Å²) in [6.45, 7) is 11.2. The zero-order chi connectivity index (χ0) is 13.1. The fourth-order valence-corrected chi connectivity index (χ4v) is 2.52. The Morgan fingerprint density at radius 1 is 1.33 bits per heavy atom. The van der Waals surface area contributed by atoms with E-state index in [-0.39, 0.29) is 0 Å². The van der Waals surface area contributed by atoms with E-state index in [2.05, 4.69) is 54.7 Å². The predicted octanol–water partition coefficient (Wildman–Crippen LogP) is 2.34. The molecule has 1 saturated heterocycles. The van der Waals surface area contributed by atoms with Crippen LogP contribution in [0.25, 0.3) is 0 Å². The summed E-state index contributed by atoms with van der Waals surface area (Å²) in [7, 11) is 2.20. The van der Waals surface area contributed by atoms with E-state index in [9.17, 15) is 0 Å². The van der Waals surface area contributed by atoms with Gasteiger partial charge in [-0.2, -0.15) is 0 Å². The van der Waals surface area contributed by atoms with E-state index in [0.717, 1.165) is 19.6 Å². The number of likely N-dealkylation sites (N-methyl/N-ethyl adjacent to an activating group) is 1. The van der Waals surface area contributed by atoms with Gasteiger partial charge in [-0.3, -0.25) is 9.88 Å². The minimum atomic E-state index is 0.515. The molecule has 0 N–H and O–H groups in total. The topological polar surface area (TPSA) is 19.4 Å². The lowest BCUT2D eigenvalue weighted by atomic mass is 10.1. The van der Waals surface area contributed by atoms with E-state index in [1.165, 1.54) is 17.8 Å². The number of hydrogen-bond acceptors (Lipinski definition) is 3. The molecular formula is C15H25N3. The average Bonchev–Trinajstić information content (AvgIpc) is 2.33. The van der Waals surface area contributed by atoms with Crippen LogP contribution in [-0.4, -0.2) is 47.5 Å². The summed E-state index contributed by atoms with van der Waals surface area (Å²) in [6.07, 6.45) is 2.04. The monoisotopic (exact) mass is 247 g/mol. The predicted molar refractivity (Wildman–Crippen MR) is 75.7 cm³/mol. The van der Waals surface area contributed by atoms with E-state index in [1.807, 2.05) is 6.20 Å². The standard InChI is InChI=1S/C15H25N3/c1-12(2)15-6-5-14(9-16-15)11-18-8-7-17(4)10-13(18)3/h5-6,9,12-13H,7-8,10-11H2,1-4H3. The molecule has 0 aliphatic carbocycles. The van der Waals surface area contributed by atoms with E-state index in [0.29, 0.717) is 12.0 Å². The van der Waals surface area contributed by atoms with Gasteiger partial charge in [0.15, 0.2) is 0 Å². The van der Waals surface area contributed by atoms with Crippen LogP contribution < -0.4 is 0 Å². The molecule has 18 heavy (non-hydrogen) atoms. The minimum Gasteiger partial charge on any atom is -0.304 e. The lowest BCUT2D eigenvalue weighted by Gasteiger charge is -2.38. The van der Waals surface area contributed by atoms with Gasteiger partial charge in [0.2, 0.25) is 0 Å². The van der Waals surface area contributed by atoms with Crippen LogP contribution in [-0.2, 0) is 6.54 Å². The third-order valence-electron chi connectivity index (χ3n) is 3.79. The van der Waals surface area contributed by atoms with Crippen LogP contribution in [0.4, 0.5) is 0 Å². The molecule has 100 valence electrons. The summed E-state index contributed by atoms with van der Waals surface area (Å²) in [6, 6.07) is 5.03. The number of aromatic nitrogens is 1. The van der Waals surface area contributed by atoms with Crippen molar-refractivity contribution in [3.05, 3.63) is 29.6 Å². The summed E-state index contributed by atoms with van der Waals surface area (Å²) in [5, 5.41) is 0. The van der Waals surface area contributed by atoms with E-state index < -0.39 is 0 Å². The fourth-order valence-electron chi connectivity index (χ4n) is 2.52. The maximum absolute atomic E-state index is 4.55. The molecule has 3 nitrogen and oxygen atoms in total. The second-order valence-corrected chi connectivity index (χ2v) is 5.83. The lowest BCUT2D eigenvalue weighted by Crippen LogP contribution is -2.49. The van der Waals surface area contributed by atoms with Gasteiger partial charge in [0.05, 0.1) is 0 Å². The Kier molecular flexibility index (Phi) is 4.36. The molecular weight excluding hydrogens is 222 g/mol. The van der Waals surface area contributed by atoms with Gasteiger partial charge >= 0.3 is 0 Å². The molecule has 0 aromatic carbocycles. The second kappa shape index (κ2) is 5.81. The molecule has 1 aliphatic rings. The van der Waals surface area contributed by atoms with Crippen LogP contribution in [0.1, 0.15) is 37.9 Å². The molecule has 2 rings (SSSR count). The number of piperazine rings is 1. The first-order chi connectivity index (χ1) is 8.56. The summed E-state index contributed by atoms with van der Waals surface area (Å²) in [5.74, 6) is 0.515. The smallest absolute Gasteiger partial charge is 0.0429 e. The SMILES string of the molecule is CC(C)c1ccc(CN2CCN(C)CC2C)cn1. The fraction of sp³-hybridized carbons (Fsp3) is 0.667. The molecule has 2 heterocycles. The van der Waals surface area contributed by atoms with Crippen molar-refractivity contribution in [2.75, 3.05) is 26.7 Å². The first-order valence-electron chi connectivity index (χ1n) is 6.93. The summed E-state index contributed by atoms with van der Waals surface area (Å²) in [5.41, 5.74) is 2.51. The summed E-state index contributed by atoms with van der Waals surface area (Å²) in [4.78, 5) is 9.50. The van der Waals surface area contributed by atoms with Gasteiger partial charge in [-0.15, -0.1) is 0 Å². The number of hydrogen-bond donors (Lipinski definition) is 0. The van der Waals surface area contributed by atoms with Crippen LogP contribution in [0, 0.1) is 0 Å². The molecule has 3 heteroatoms. The van der Waals surface area contributed by atoms with Crippen molar-refractivity contribution in [2.45, 2.75) is 39.3 Å². The molecule has 1 fully saturated rings. The van der Waals surface area contributed by atoms with Gasteiger partial charge < -0.3 is 4.90 Å². The van der Waals surface area contributed by atoms with E-state index in [4.69, 9.17) is 0 Å². The summed E-state index contributed by atoms with van der Waals surface area (Å²) < 4.78 is 0. The number of pyridine rings is 1. The Morgan fingerprint density at radius 3 is 2.67 bits per heavy atom. The van der Waals surface area contributed by atoms with Crippen molar-refractivity contribution < 1.29 is 0 Å². The Hall–Kier alpha value is -0.930. The molecule has 0 bridgehead atoms. The van der Waals surface area contributed by atoms with Gasteiger partial charge in [-0.1, -0.05) is 19.9 Å². The first kappa shape index (κ1) is 13.5. The van der Waals surface area contributed by atoms with Crippen molar-refractivity contribution in [1.29, 1.82) is 0 Å². The van der Waals surface area contributed by atoms with E-state index >= 15 is 0 Å². The Morgan fingerprint density at radius 2 is 2.11 bits per heavy atom. The van der Waals surface area contributed by atoms with Crippen molar-refractivity contribution in [3.63, 3.8) is 0 Å². The quantitative estimate of drug-likeness (QED) is 0.817. The van der Waals surface area contributed by atoms with Crippen LogP contribution >= 0.6 is 0 Å². The van der Waals surface area contributed by atoms with Gasteiger partial charge in [0.1, 0.15) is 0 Å². The lowest BCUT2D eigenvalue weighted by molar-refractivity contribution is 0.0937. The van der Waals surface area contributed by atoms with Crippen molar-refractivity contribution in [1.82, 2.24) is 14.8 Å². The van der Waals surface area contributed by atoms with Gasteiger partial charge in [0.25, 0.3) is 0 Å². The van der Waals surface area contributed by atoms with Crippen molar-refractivity contribution in [3.8, 4) is 0 Å². The van der Waals surface area contributed by atoms with Crippen LogP contribution in [0.15, 0.2) is 18.3 Å². The molecule has 0 radical (unpaired) electrons. The zero-order valence-corrected chi connectivity index (χ0v) is 12.1. The third-order valence-corrected chi connectivity index (χ3v) is 3.79. The highest BCUT2D eigenvalue weighted by Crippen LogP contribution is 2.15. The second-order valence-electron chi connectivity index (χ2n) is 5.83. The Labute approximate surface area is 111 Å². The first-order valence-corrected chi connectivity index (χ1v) is 6.93. The molecule has 1 unspecified atom stereocenters. The zero-order valence-electron chi connectivity index (χ0n) is 12.1. The highest BCUT2D eigenvalue weighted by atomic mass is 15.3. The molecule has 1 aromatic heterocycles. The minimum absolute atomic E-state index is 0.515. The van der Waals surface area contributed by atoms with E-state index in [1.54, 1.807) is 0 Å². The molecule has 0 saturated carbocycles. The average molecular weight is 247 g/mol. The highest BCUT2D eigenvalue weighted by molar-refractivity contribution is 5.16. The third kappa shape index (κ3) is 3.30. The van der Waals surface area contributed by atoms with Crippen LogP contribution in [0.5, 0.6) is 0 Å². The molecule has 1 aliphatic heterocycles. The number of nitrogens with zero attached hydrogens (tertiary/aromatic N) is 3. The highest BCUT2D eigenvalue weighted by Gasteiger charge is 2.21. The maximum Gasteiger partial charge on any atom is 0.0429 e. The molecule has 0 spiro atoms. The van der Waals surface area contributed by atoms with Crippen LogP contribution in [0.3, 0.4) is 0 Å². The molecule has 0 amide bonds. The number of rotatable bonds is 3. The van der Waals surface area contributed by atoms with Crippen molar-refractivity contribution in [2.24, 2.45) is 0 Å². The molecule has 1 aromatic rings. The molecule has 1 atom stereocenters. The maximum atomic E-state index is 4.55. The normalized spacial score (nSPS) is 22.6. The Bertz CT molecular complexity index is 372. The van der Waals surface area contributed by atoms with Gasteiger partial charge in [-0.25, -0.2) is 0 Å². The summed E-state index contributed by atoms with van der Waals surface area (Å²) >= 11 is 0.